The molecule has 1 aromatic carbocycles. The number of anilines is 1. The molecule has 0 spiro atoms. The second kappa shape index (κ2) is 10.2. The predicted molar refractivity (Wildman–Crippen MR) is 134 cm³/mol. The Morgan fingerprint density at radius 3 is 2.54 bits per heavy atom. The van der Waals surface area contributed by atoms with Gasteiger partial charge in [0.1, 0.15) is 11.9 Å². The number of hydrogen-bond acceptors (Lipinski definition) is 4. The van der Waals surface area contributed by atoms with Crippen LogP contribution in [0.3, 0.4) is 0 Å². The van der Waals surface area contributed by atoms with Gasteiger partial charge < -0.3 is 15.1 Å². The zero-order valence-corrected chi connectivity index (χ0v) is 20.4. The zero-order valence-electron chi connectivity index (χ0n) is 20.4. The molecule has 1 saturated carbocycles. The number of benzene rings is 1. The molecule has 0 bridgehead atoms. The van der Waals surface area contributed by atoms with Crippen LogP contribution in [0.1, 0.15) is 61.0 Å². The first-order valence-corrected chi connectivity index (χ1v) is 12.9. The summed E-state index contributed by atoms with van der Waals surface area (Å²) in [4.78, 5) is 48.5. The Hall–Kier alpha value is -3.22. The number of likely N-dealkylation sites (tertiary alicyclic amines) is 2. The van der Waals surface area contributed by atoms with Crippen molar-refractivity contribution in [1.82, 2.24) is 14.8 Å². The summed E-state index contributed by atoms with van der Waals surface area (Å²) < 4.78 is 0. The Labute approximate surface area is 206 Å². The molecule has 3 heterocycles. The predicted octanol–water partition coefficient (Wildman–Crippen LogP) is 4.04. The van der Waals surface area contributed by atoms with Crippen molar-refractivity contribution >= 4 is 23.5 Å². The first-order chi connectivity index (χ1) is 17.0. The van der Waals surface area contributed by atoms with E-state index in [0.717, 1.165) is 50.6 Å². The number of carbonyl (C=O) groups excluding carboxylic acids is 3. The van der Waals surface area contributed by atoms with Crippen LogP contribution in [-0.2, 0) is 9.59 Å². The highest BCUT2D eigenvalue weighted by atomic mass is 16.2. The van der Waals surface area contributed by atoms with Crippen LogP contribution in [0.5, 0.6) is 0 Å². The van der Waals surface area contributed by atoms with E-state index in [9.17, 15) is 14.4 Å². The quantitative estimate of drug-likeness (QED) is 0.725. The minimum atomic E-state index is -0.448. The molecule has 7 heteroatoms. The lowest BCUT2D eigenvalue weighted by molar-refractivity contribution is -0.138. The second-order valence-corrected chi connectivity index (χ2v) is 10.2. The monoisotopic (exact) mass is 474 g/mol. The maximum atomic E-state index is 13.8. The molecule has 3 fully saturated rings. The summed E-state index contributed by atoms with van der Waals surface area (Å²) in [5, 5.41) is 2.92. The van der Waals surface area contributed by atoms with E-state index in [2.05, 4.69) is 10.3 Å². The van der Waals surface area contributed by atoms with Crippen LogP contribution < -0.4 is 5.32 Å². The number of carbonyl (C=O) groups is 3. The Balaban J connectivity index is 1.32. The fraction of sp³-hybridized carbons (Fsp3) is 0.500. The first-order valence-electron chi connectivity index (χ1n) is 12.9. The van der Waals surface area contributed by atoms with Crippen molar-refractivity contribution in [2.75, 3.05) is 18.4 Å². The molecule has 184 valence electrons. The van der Waals surface area contributed by atoms with Gasteiger partial charge in [-0.1, -0.05) is 37.1 Å². The Bertz CT molecular complexity index is 1090. The molecule has 2 saturated heterocycles. The third-order valence-corrected chi connectivity index (χ3v) is 7.87. The van der Waals surface area contributed by atoms with Crippen LogP contribution in [-0.4, -0.2) is 57.7 Å². The van der Waals surface area contributed by atoms with Gasteiger partial charge >= 0.3 is 0 Å². The van der Waals surface area contributed by atoms with Gasteiger partial charge in [0.15, 0.2) is 0 Å². The van der Waals surface area contributed by atoms with E-state index in [1.807, 2.05) is 59.2 Å². The summed E-state index contributed by atoms with van der Waals surface area (Å²) in [7, 11) is 0. The molecule has 4 unspecified atom stereocenters. The highest BCUT2D eigenvalue weighted by Gasteiger charge is 2.49. The molecule has 3 aliphatic rings. The number of pyridine rings is 1. The van der Waals surface area contributed by atoms with Crippen molar-refractivity contribution in [3.05, 3.63) is 59.8 Å². The van der Waals surface area contributed by atoms with Gasteiger partial charge in [-0.15, -0.1) is 0 Å². The number of fused-ring (bicyclic) bond motifs is 1. The van der Waals surface area contributed by atoms with Gasteiger partial charge in [0, 0.05) is 30.4 Å². The molecule has 35 heavy (non-hydrogen) atoms. The fourth-order valence-electron chi connectivity index (χ4n) is 6.15. The number of nitrogens with zero attached hydrogens (tertiary/aromatic N) is 3. The van der Waals surface area contributed by atoms with Gasteiger partial charge in [-0.3, -0.25) is 14.4 Å². The molecular weight excluding hydrogens is 440 g/mol. The SMILES string of the molecule is Cc1cccc(NC(=O)C2CCCN(C(=O)C3CC4CCCCC4N3C(=O)c3ccccc3)C2)n1. The zero-order chi connectivity index (χ0) is 24.4. The molecule has 5 rings (SSSR count). The lowest BCUT2D eigenvalue weighted by atomic mass is 9.84. The van der Waals surface area contributed by atoms with E-state index >= 15 is 0 Å². The summed E-state index contributed by atoms with van der Waals surface area (Å²) in [6.45, 7) is 2.90. The molecule has 4 atom stereocenters. The van der Waals surface area contributed by atoms with Crippen molar-refractivity contribution < 1.29 is 14.4 Å². The van der Waals surface area contributed by atoms with E-state index in [4.69, 9.17) is 0 Å². The average molecular weight is 475 g/mol. The number of aromatic nitrogens is 1. The summed E-state index contributed by atoms with van der Waals surface area (Å²) in [6.07, 6.45) is 6.53. The minimum Gasteiger partial charge on any atom is -0.340 e. The van der Waals surface area contributed by atoms with Gasteiger partial charge in [0.2, 0.25) is 11.8 Å². The van der Waals surface area contributed by atoms with E-state index in [1.54, 1.807) is 6.07 Å². The lowest BCUT2D eigenvalue weighted by Gasteiger charge is -2.37. The van der Waals surface area contributed by atoms with Crippen LogP contribution in [0.25, 0.3) is 0 Å². The van der Waals surface area contributed by atoms with Crippen LogP contribution in [0.2, 0.25) is 0 Å². The van der Waals surface area contributed by atoms with Gasteiger partial charge in [-0.25, -0.2) is 4.98 Å². The van der Waals surface area contributed by atoms with Gasteiger partial charge in [0.25, 0.3) is 5.91 Å². The Kier molecular flexibility index (Phi) is 6.84. The fourth-order valence-corrected chi connectivity index (χ4v) is 6.15. The van der Waals surface area contributed by atoms with E-state index in [-0.39, 0.29) is 29.7 Å². The molecule has 3 amide bonds. The number of aryl methyl sites for hydroxylation is 1. The third-order valence-electron chi connectivity index (χ3n) is 7.87. The minimum absolute atomic E-state index is 0.00476. The van der Waals surface area contributed by atoms with Crippen LogP contribution >= 0.6 is 0 Å². The van der Waals surface area contributed by atoms with Gasteiger partial charge in [-0.05, 0) is 69.2 Å². The standard InChI is InChI=1S/C28H34N4O3/c1-19-9-7-15-25(29-19)30-26(33)22-13-8-16-31(18-22)28(35)24-17-21-12-5-6-14-23(21)32(24)27(34)20-10-3-2-4-11-20/h2-4,7,9-11,15,21-24H,5-6,8,12-14,16-18H2,1H3,(H,29,30,33). The average Bonchev–Trinajstić information content (AvgIpc) is 3.28. The van der Waals surface area contributed by atoms with Crippen LogP contribution in [0.4, 0.5) is 5.82 Å². The smallest absolute Gasteiger partial charge is 0.254 e. The van der Waals surface area contributed by atoms with Crippen molar-refractivity contribution in [2.45, 2.75) is 64.0 Å². The molecular formula is C28H34N4O3. The van der Waals surface area contributed by atoms with Crippen molar-refractivity contribution in [3.63, 3.8) is 0 Å². The first kappa shape index (κ1) is 23.5. The molecule has 7 nitrogen and oxygen atoms in total. The topological polar surface area (TPSA) is 82.6 Å². The normalized spacial score (nSPS) is 26.2. The number of piperidine rings is 1. The van der Waals surface area contributed by atoms with E-state index < -0.39 is 6.04 Å². The highest BCUT2D eigenvalue weighted by Crippen LogP contribution is 2.41. The van der Waals surface area contributed by atoms with Gasteiger partial charge in [-0.2, -0.15) is 0 Å². The number of hydrogen-bond donors (Lipinski definition) is 1. The van der Waals surface area contributed by atoms with Crippen molar-refractivity contribution in [3.8, 4) is 0 Å². The largest absolute Gasteiger partial charge is 0.340 e. The summed E-state index contributed by atoms with van der Waals surface area (Å²) in [6, 6.07) is 14.5. The highest BCUT2D eigenvalue weighted by molar-refractivity contribution is 5.98. The number of amides is 3. The maximum Gasteiger partial charge on any atom is 0.254 e. The lowest BCUT2D eigenvalue weighted by Crippen LogP contribution is -2.53. The Morgan fingerprint density at radius 1 is 0.943 bits per heavy atom. The van der Waals surface area contributed by atoms with Crippen molar-refractivity contribution in [1.29, 1.82) is 0 Å². The van der Waals surface area contributed by atoms with Gasteiger partial charge in [0.05, 0.1) is 5.92 Å². The van der Waals surface area contributed by atoms with E-state index in [0.29, 0.717) is 30.4 Å². The summed E-state index contributed by atoms with van der Waals surface area (Å²) >= 11 is 0. The van der Waals surface area contributed by atoms with E-state index in [1.165, 1.54) is 0 Å². The number of rotatable bonds is 4. The molecule has 1 aromatic heterocycles. The van der Waals surface area contributed by atoms with Crippen molar-refractivity contribution in [2.24, 2.45) is 11.8 Å². The Morgan fingerprint density at radius 2 is 1.74 bits per heavy atom. The third kappa shape index (κ3) is 4.95. The molecule has 2 aromatic rings. The molecule has 1 aliphatic carbocycles. The van der Waals surface area contributed by atoms with Crippen LogP contribution in [0, 0.1) is 18.8 Å². The molecule has 1 N–H and O–H groups in total. The summed E-state index contributed by atoms with van der Waals surface area (Å²) in [5.74, 6) is 0.486. The maximum absolute atomic E-state index is 13.8. The molecule has 2 aliphatic heterocycles. The molecule has 0 radical (unpaired) electrons. The second-order valence-electron chi connectivity index (χ2n) is 10.2. The summed E-state index contributed by atoms with van der Waals surface area (Å²) in [5.41, 5.74) is 1.48. The number of nitrogens with one attached hydrogen (secondary N) is 1. The van der Waals surface area contributed by atoms with Crippen LogP contribution in [0.15, 0.2) is 48.5 Å².